The Kier molecular flexibility index (Phi) is 7.57. The second kappa shape index (κ2) is 9.43. The van der Waals surface area contributed by atoms with Gasteiger partial charge in [-0.1, -0.05) is 52.4 Å². The maximum Gasteiger partial charge on any atom is 0.237 e. The van der Waals surface area contributed by atoms with Crippen LogP contribution in [0.25, 0.3) is 0 Å². The van der Waals surface area contributed by atoms with Gasteiger partial charge >= 0.3 is 0 Å². The van der Waals surface area contributed by atoms with Crippen molar-refractivity contribution in [3.05, 3.63) is 28.2 Å². The fraction of sp³-hybridized carbons (Fsp3) is 0.357. The standard InChI is InChI=1S/C14H16Cl2N4O2S2/c1-8(12(21)18-11-9(15)4-3-5-10(11)16)23-14-20-19-13(24-14)17-6-7-22-2/h3-5,8H,6-7H2,1-2H3,(H,17,19)(H,18,21)/t8-/m0/s1. The Labute approximate surface area is 158 Å². The van der Waals surface area contributed by atoms with Gasteiger partial charge in [-0.05, 0) is 19.1 Å². The predicted octanol–water partition coefficient (Wildman–Crippen LogP) is 4.02. The highest BCUT2D eigenvalue weighted by Crippen LogP contribution is 2.32. The first-order valence-electron chi connectivity index (χ1n) is 6.99. The Balaban J connectivity index is 1.92. The number of amides is 1. The van der Waals surface area contributed by atoms with Crippen molar-refractivity contribution in [3.8, 4) is 0 Å². The van der Waals surface area contributed by atoms with Gasteiger partial charge in [0.05, 0.1) is 27.6 Å². The van der Waals surface area contributed by atoms with Gasteiger partial charge in [0, 0.05) is 13.7 Å². The van der Waals surface area contributed by atoms with Crippen molar-refractivity contribution >= 4 is 63.0 Å². The van der Waals surface area contributed by atoms with E-state index in [1.165, 1.54) is 23.1 Å². The van der Waals surface area contributed by atoms with Crippen LogP contribution in [0.15, 0.2) is 22.5 Å². The van der Waals surface area contributed by atoms with Crippen LogP contribution in [-0.4, -0.2) is 41.6 Å². The van der Waals surface area contributed by atoms with Crippen LogP contribution in [-0.2, 0) is 9.53 Å². The zero-order valence-electron chi connectivity index (χ0n) is 13.0. The van der Waals surface area contributed by atoms with E-state index in [1.807, 2.05) is 0 Å². The van der Waals surface area contributed by atoms with E-state index in [0.29, 0.717) is 38.4 Å². The van der Waals surface area contributed by atoms with Gasteiger partial charge in [-0.3, -0.25) is 4.79 Å². The van der Waals surface area contributed by atoms with E-state index in [4.69, 9.17) is 27.9 Å². The molecule has 6 nitrogen and oxygen atoms in total. The maximum absolute atomic E-state index is 12.3. The Hall–Kier alpha value is -1.06. The first kappa shape index (κ1) is 19.3. The number of aromatic nitrogens is 2. The highest BCUT2D eigenvalue weighted by molar-refractivity contribution is 8.02. The molecule has 0 aliphatic carbocycles. The number of rotatable bonds is 8. The molecule has 1 aromatic heterocycles. The molecule has 0 aliphatic rings. The summed E-state index contributed by atoms with van der Waals surface area (Å²) in [4.78, 5) is 12.3. The van der Waals surface area contributed by atoms with Crippen LogP contribution in [0.1, 0.15) is 6.92 Å². The molecular weight excluding hydrogens is 391 g/mol. The van der Waals surface area contributed by atoms with Crippen LogP contribution in [0.3, 0.4) is 0 Å². The smallest absolute Gasteiger partial charge is 0.237 e. The summed E-state index contributed by atoms with van der Waals surface area (Å²) in [6.07, 6.45) is 0. The van der Waals surface area contributed by atoms with Crippen molar-refractivity contribution in [3.63, 3.8) is 0 Å². The van der Waals surface area contributed by atoms with Gasteiger partial charge in [0.25, 0.3) is 0 Å². The summed E-state index contributed by atoms with van der Waals surface area (Å²) in [5, 5.41) is 15.0. The number of nitrogens with one attached hydrogen (secondary N) is 2. The highest BCUT2D eigenvalue weighted by atomic mass is 35.5. The van der Waals surface area contributed by atoms with Crippen molar-refractivity contribution in [2.24, 2.45) is 0 Å². The van der Waals surface area contributed by atoms with E-state index in [9.17, 15) is 4.79 Å². The zero-order chi connectivity index (χ0) is 17.5. The molecule has 0 bridgehead atoms. The minimum Gasteiger partial charge on any atom is -0.383 e. The van der Waals surface area contributed by atoms with Crippen LogP contribution < -0.4 is 10.6 Å². The molecule has 0 radical (unpaired) electrons. The number of methoxy groups -OCH3 is 1. The molecule has 0 saturated heterocycles. The topological polar surface area (TPSA) is 76.1 Å². The molecule has 0 unspecified atom stereocenters. The molecule has 0 fully saturated rings. The van der Waals surface area contributed by atoms with Gasteiger partial charge in [-0.2, -0.15) is 0 Å². The number of para-hydroxylation sites is 1. The van der Waals surface area contributed by atoms with E-state index in [2.05, 4.69) is 20.8 Å². The Bertz CT molecular complexity index is 679. The van der Waals surface area contributed by atoms with Gasteiger partial charge in [0.15, 0.2) is 4.34 Å². The molecule has 0 spiro atoms. The van der Waals surface area contributed by atoms with Gasteiger partial charge < -0.3 is 15.4 Å². The van der Waals surface area contributed by atoms with E-state index >= 15 is 0 Å². The number of hydrogen-bond acceptors (Lipinski definition) is 7. The lowest BCUT2D eigenvalue weighted by molar-refractivity contribution is -0.115. The largest absolute Gasteiger partial charge is 0.383 e. The molecule has 24 heavy (non-hydrogen) atoms. The summed E-state index contributed by atoms with van der Waals surface area (Å²) in [7, 11) is 1.63. The summed E-state index contributed by atoms with van der Waals surface area (Å²) in [6, 6.07) is 5.06. The monoisotopic (exact) mass is 406 g/mol. The number of hydrogen-bond donors (Lipinski definition) is 2. The number of anilines is 2. The third kappa shape index (κ3) is 5.49. The summed E-state index contributed by atoms with van der Waals surface area (Å²) < 4.78 is 5.65. The number of halogens is 2. The first-order chi connectivity index (χ1) is 11.5. The average Bonchev–Trinajstić information content (AvgIpc) is 2.98. The lowest BCUT2D eigenvalue weighted by Crippen LogP contribution is -2.22. The number of carbonyl (C=O) groups excluding carboxylic acids is 1. The lowest BCUT2D eigenvalue weighted by atomic mass is 10.3. The summed E-state index contributed by atoms with van der Waals surface area (Å²) in [5.74, 6) is -0.209. The van der Waals surface area contributed by atoms with Gasteiger partial charge in [-0.15, -0.1) is 10.2 Å². The lowest BCUT2D eigenvalue weighted by Gasteiger charge is -2.12. The maximum atomic E-state index is 12.3. The van der Waals surface area contributed by atoms with Crippen LogP contribution in [0.2, 0.25) is 10.0 Å². The number of thioether (sulfide) groups is 1. The molecule has 10 heteroatoms. The third-order valence-electron chi connectivity index (χ3n) is 2.85. The third-order valence-corrected chi connectivity index (χ3v) is 5.54. The Morgan fingerprint density at radius 3 is 2.75 bits per heavy atom. The Morgan fingerprint density at radius 2 is 2.08 bits per heavy atom. The molecule has 1 atom stereocenters. The number of carbonyl (C=O) groups is 1. The van der Waals surface area contributed by atoms with Gasteiger partial charge in [-0.25, -0.2) is 0 Å². The molecule has 0 aliphatic heterocycles. The quantitative estimate of drug-likeness (QED) is 0.509. The molecule has 1 aromatic carbocycles. The summed E-state index contributed by atoms with van der Waals surface area (Å²) >= 11 is 14.8. The highest BCUT2D eigenvalue weighted by Gasteiger charge is 2.19. The number of ether oxygens (including phenoxy) is 1. The molecule has 1 amide bonds. The van der Waals surface area contributed by atoms with E-state index in [-0.39, 0.29) is 11.2 Å². The van der Waals surface area contributed by atoms with Crippen LogP contribution in [0.4, 0.5) is 10.8 Å². The fourth-order valence-electron chi connectivity index (χ4n) is 1.64. The van der Waals surface area contributed by atoms with Gasteiger partial charge in [0.2, 0.25) is 11.0 Å². The van der Waals surface area contributed by atoms with Crippen molar-refractivity contribution in [2.75, 3.05) is 30.9 Å². The van der Waals surface area contributed by atoms with Crippen molar-refractivity contribution in [2.45, 2.75) is 16.5 Å². The first-order valence-corrected chi connectivity index (χ1v) is 9.44. The molecular formula is C14H16Cl2N4O2S2. The minimum atomic E-state index is -0.378. The van der Waals surface area contributed by atoms with Crippen LogP contribution >= 0.6 is 46.3 Å². The average molecular weight is 407 g/mol. The van der Waals surface area contributed by atoms with Gasteiger partial charge in [0.1, 0.15) is 0 Å². The van der Waals surface area contributed by atoms with Crippen LogP contribution in [0, 0.1) is 0 Å². The second-order valence-corrected chi connectivity index (χ2v) is 8.02. The van der Waals surface area contributed by atoms with E-state index in [0.717, 1.165) is 0 Å². The number of nitrogens with zero attached hydrogens (tertiary/aromatic N) is 2. The SMILES string of the molecule is COCCNc1nnc(S[C@@H](C)C(=O)Nc2c(Cl)cccc2Cl)s1. The zero-order valence-corrected chi connectivity index (χ0v) is 16.2. The van der Waals surface area contributed by atoms with E-state index in [1.54, 1.807) is 32.2 Å². The summed E-state index contributed by atoms with van der Waals surface area (Å²) in [5.41, 5.74) is 0.414. The minimum absolute atomic E-state index is 0.209. The molecule has 2 aromatic rings. The van der Waals surface area contributed by atoms with Crippen molar-refractivity contribution in [1.82, 2.24) is 10.2 Å². The van der Waals surface area contributed by atoms with Crippen molar-refractivity contribution in [1.29, 1.82) is 0 Å². The molecule has 1 heterocycles. The van der Waals surface area contributed by atoms with Crippen molar-refractivity contribution < 1.29 is 9.53 Å². The predicted molar refractivity (Wildman–Crippen MR) is 101 cm³/mol. The molecule has 130 valence electrons. The summed E-state index contributed by atoms with van der Waals surface area (Å²) in [6.45, 7) is 3.01. The normalized spacial score (nSPS) is 12.0. The second-order valence-electron chi connectivity index (χ2n) is 4.64. The van der Waals surface area contributed by atoms with Crippen LogP contribution in [0.5, 0.6) is 0 Å². The van der Waals surface area contributed by atoms with E-state index < -0.39 is 0 Å². The number of benzene rings is 1. The fourth-order valence-corrected chi connectivity index (χ4v) is 4.05. The molecule has 2 N–H and O–H groups in total. The Morgan fingerprint density at radius 1 is 1.38 bits per heavy atom. The molecule has 2 rings (SSSR count). The molecule has 0 saturated carbocycles.